The number of fused-ring (bicyclic) bond motifs is 1. The van der Waals surface area contributed by atoms with Crippen molar-refractivity contribution in [1.29, 1.82) is 0 Å². The van der Waals surface area contributed by atoms with Crippen molar-refractivity contribution < 1.29 is 13.2 Å². The van der Waals surface area contributed by atoms with Gasteiger partial charge in [0.05, 0.1) is 4.90 Å². The molecule has 0 spiro atoms. The smallest absolute Gasteiger partial charge is 0.262 e. The minimum atomic E-state index is -3.80. The van der Waals surface area contributed by atoms with E-state index in [2.05, 4.69) is 4.72 Å². The Morgan fingerprint density at radius 2 is 1.58 bits per heavy atom. The highest BCUT2D eigenvalue weighted by molar-refractivity contribution is 7.93. The molecule has 0 fully saturated rings. The Hall–Kier alpha value is -2.86. The van der Waals surface area contributed by atoms with Crippen molar-refractivity contribution in [3.63, 3.8) is 0 Å². The lowest BCUT2D eigenvalue weighted by Crippen LogP contribution is -2.14. The van der Waals surface area contributed by atoms with Gasteiger partial charge in [0.15, 0.2) is 5.78 Å². The molecule has 0 radical (unpaired) electrons. The van der Waals surface area contributed by atoms with E-state index in [1.807, 2.05) is 37.2 Å². The van der Waals surface area contributed by atoms with Crippen LogP contribution in [0.25, 0.3) is 10.8 Å². The van der Waals surface area contributed by atoms with Gasteiger partial charge in [-0.2, -0.15) is 0 Å². The number of Topliss-reactive ketones (excluding diaryl/α,β-unsaturated/α-hetero) is 1. The maximum atomic E-state index is 13.0. The van der Waals surface area contributed by atoms with E-state index in [0.717, 1.165) is 11.1 Å². The zero-order valence-electron chi connectivity index (χ0n) is 14.9. The van der Waals surface area contributed by atoms with E-state index in [0.29, 0.717) is 16.6 Å². The van der Waals surface area contributed by atoms with Crippen LogP contribution in [-0.4, -0.2) is 28.3 Å². The predicted molar refractivity (Wildman–Crippen MR) is 106 cm³/mol. The summed E-state index contributed by atoms with van der Waals surface area (Å²) in [5, 5.41) is 1.51. The largest absolute Gasteiger partial charge is 0.377 e. The lowest BCUT2D eigenvalue weighted by atomic mass is 10.1. The van der Waals surface area contributed by atoms with Gasteiger partial charge in [0, 0.05) is 41.8 Å². The predicted octanol–water partition coefficient (Wildman–Crippen LogP) is 3.91. The van der Waals surface area contributed by atoms with Crippen LogP contribution in [0, 0.1) is 0 Å². The molecule has 0 unspecified atom stereocenters. The molecule has 1 N–H and O–H groups in total. The Labute approximate surface area is 153 Å². The molecule has 3 aromatic rings. The summed E-state index contributed by atoms with van der Waals surface area (Å²) in [4.78, 5) is 13.7. The molecule has 3 rings (SSSR count). The fraction of sp³-hybridized carbons (Fsp3) is 0.150. The summed E-state index contributed by atoms with van der Waals surface area (Å²) in [6.07, 6.45) is 0. The third-order valence-corrected chi connectivity index (χ3v) is 5.59. The standard InChI is InChI=1S/C20H20N2O3S/c1-14(23)15-7-4-8-16(13-15)21-26(24,25)20-12-6-9-17-18(20)10-5-11-19(17)22(2)3/h4-13,21H,1-3H3. The number of nitrogens with zero attached hydrogens (tertiary/aromatic N) is 1. The Balaban J connectivity index is 2.09. The molecule has 5 nitrogen and oxygen atoms in total. The van der Waals surface area contributed by atoms with E-state index < -0.39 is 10.0 Å². The highest BCUT2D eigenvalue weighted by Gasteiger charge is 2.19. The first-order valence-corrected chi connectivity index (χ1v) is 9.61. The molecule has 0 heterocycles. The van der Waals surface area contributed by atoms with Gasteiger partial charge in [-0.1, -0.05) is 36.4 Å². The lowest BCUT2D eigenvalue weighted by molar-refractivity contribution is 0.101. The second-order valence-corrected chi connectivity index (χ2v) is 7.92. The summed E-state index contributed by atoms with van der Waals surface area (Å²) >= 11 is 0. The van der Waals surface area contributed by atoms with Gasteiger partial charge < -0.3 is 4.90 Å². The monoisotopic (exact) mass is 368 g/mol. The Morgan fingerprint density at radius 1 is 0.923 bits per heavy atom. The fourth-order valence-electron chi connectivity index (χ4n) is 2.90. The van der Waals surface area contributed by atoms with E-state index in [1.165, 1.54) is 13.0 Å². The SMILES string of the molecule is CC(=O)c1cccc(NS(=O)(=O)c2cccc3c(N(C)C)cccc23)c1. The van der Waals surface area contributed by atoms with E-state index in [-0.39, 0.29) is 10.7 Å². The molecular formula is C20H20N2O3S. The number of rotatable bonds is 5. The van der Waals surface area contributed by atoms with E-state index in [9.17, 15) is 13.2 Å². The van der Waals surface area contributed by atoms with Gasteiger partial charge in [-0.05, 0) is 31.2 Å². The van der Waals surface area contributed by atoms with E-state index in [4.69, 9.17) is 0 Å². The average Bonchev–Trinajstić information content (AvgIpc) is 2.60. The highest BCUT2D eigenvalue weighted by atomic mass is 32.2. The molecule has 0 aliphatic rings. The summed E-state index contributed by atoms with van der Waals surface area (Å²) < 4.78 is 28.5. The van der Waals surface area contributed by atoms with Gasteiger partial charge >= 0.3 is 0 Å². The van der Waals surface area contributed by atoms with Crippen LogP contribution in [0.1, 0.15) is 17.3 Å². The summed E-state index contributed by atoms with van der Waals surface area (Å²) in [5.74, 6) is -0.119. The van der Waals surface area contributed by atoms with Gasteiger partial charge in [0.25, 0.3) is 10.0 Å². The first-order chi connectivity index (χ1) is 12.3. The maximum absolute atomic E-state index is 13.0. The molecule has 3 aromatic carbocycles. The molecule has 0 aliphatic carbocycles. The van der Waals surface area contributed by atoms with Crippen molar-refractivity contribution in [1.82, 2.24) is 0 Å². The molecule has 6 heteroatoms. The second kappa shape index (κ2) is 6.80. The molecule has 0 amide bonds. The Bertz CT molecular complexity index is 1090. The first kappa shape index (κ1) is 17.9. The Kier molecular flexibility index (Phi) is 4.70. The number of anilines is 2. The van der Waals surface area contributed by atoms with Gasteiger partial charge in [-0.15, -0.1) is 0 Å². The van der Waals surface area contributed by atoms with Crippen LogP contribution in [0.15, 0.2) is 65.6 Å². The van der Waals surface area contributed by atoms with Crippen LogP contribution in [0.5, 0.6) is 0 Å². The van der Waals surface area contributed by atoms with Crippen LogP contribution in [0.2, 0.25) is 0 Å². The first-order valence-electron chi connectivity index (χ1n) is 8.12. The fourth-order valence-corrected chi connectivity index (χ4v) is 4.17. The quantitative estimate of drug-likeness (QED) is 0.694. The van der Waals surface area contributed by atoms with Crippen molar-refractivity contribution in [2.24, 2.45) is 0 Å². The highest BCUT2D eigenvalue weighted by Crippen LogP contribution is 2.31. The molecule has 0 saturated heterocycles. The summed E-state index contributed by atoms with van der Waals surface area (Å²) in [7, 11) is 0.0316. The van der Waals surface area contributed by atoms with Crippen molar-refractivity contribution in [3.8, 4) is 0 Å². The molecule has 0 atom stereocenters. The number of carbonyl (C=O) groups is 1. The van der Waals surface area contributed by atoms with Gasteiger partial charge in [-0.25, -0.2) is 8.42 Å². The van der Waals surface area contributed by atoms with Gasteiger partial charge in [-0.3, -0.25) is 9.52 Å². The van der Waals surface area contributed by atoms with Crippen molar-refractivity contribution in [3.05, 3.63) is 66.2 Å². The number of benzene rings is 3. The van der Waals surface area contributed by atoms with Crippen LogP contribution in [0.4, 0.5) is 11.4 Å². The minimum Gasteiger partial charge on any atom is -0.377 e. The number of nitrogens with one attached hydrogen (secondary N) is 1. The van der Waals surface area contributed by atoms with Crippen LogP contribution in [-0.2, 0) is 10.0 Å². The average molecular weight is 368 g/mol. The normalized spacial score (nSPS) is 11.3. The summed E-state index contributed by atoms with van der Waals surface area (Å²) in [5.41, 5.74) is 1.76. The Morgan fingerprint density at radius 3 is 2.27 bits per heavy atom. The number of hydrogen-bond donors (Lipinski definition) is 1. The molecule has 134 valence electrons. The molecule has 0 saturated carbocycles. The van der Waals surface area contributed by atoms with E-state index >= 15 is 0 Å². The summed E-state index contributed by atoms with van der Waals surface area (Å²) in [6.45, 7) is 1.45. The van der Waals surface area contributed by atoms with E-state index in [1.54, 1.807) is 36.4 Å². The topological polar surface area (TPSA) is 66.5 Å². The van der Waals surface area contributed by atoms with Crippen LogP contribution < -0.4 is 9.62 Å². The van der Waals surface area contributed by atoms with Crippen LogP contribution >= 0.6 is 0 Å². The summed E-state index contributed by atoms with van der Waals surface area (Å²) in [6, 6.07) is 17.3. The second-order valence-electron chi connectivity index (χ2n) is 6.27. The molecule has 0 aliphatic heterocycles. The van der Waals surface area contributed by atoms with Crippen molar-refractivity contribution in [2.45, 2.75) is 11.8 Å². The number of hydrogen-bond acceptors (Lipinski definition) is 4. The van der Waals surface area contributed by atoms with Gasteiger partial charge in [0.2, 0.25) is 0 Å². The zero-order chi connectivity index (χ0) is 18.9. The molecule has 0 bridgehead atoms. The van der Waals surface area contributed by atoms with Gasteiger partial charge in [0.1, 0.15) is 0 Å². The number of carbonyl (C=O) groups excluding carboxylic acids is 1. The molecular weight excluding hydrogens is 348 g/mol. The number of sulfonamides is 1. The minimum absolute atomic E-state index is 0.119. The lowest BCUT2D eigenvalue weighted by Gasteiger charge is -2.17. The zero-order valence-corrected chi connectivity index (χ0v) is 15.7. The third-order valence-electron chi connectivity index (χ3n) is 4.15. The molecule has 0 aromatic heterocycles. The number of ketones is 1. The maximum Gasteiger partial charge on any atom is 0.262 e. The third kappa shape index (κ3) is 3.41. The van der Waals surface area contributed by atoms with Crippen molar-refractivity contribution in [2.75, 3.05) is 23.7 Å². The molecule has 26 heavy (non-hydrogen) atoms. The van der Waals surface area contributed by atoms with Crippen molar-refractivity contribution >= 4 is 38.0 Å². The van der Waals surface area contributed by atoms with Crippen LogP contribution in [0.3, 0.4) is 0 Å².